The Bertz CT molecular complexity index is 728. The molecule has 0 aliphatic carbocycles. The molecule has 1 heterocycles. The first-order chi connectivity index (χ1) is 10.7. The largest absolute Gasteiger partial charge is 0.397 e. The highest BCUT2D eigenvalue weighted by Gasteiger charge is 2.45. The molecule has 0 spiro atoms. The lowest BCUT2D eigenvalue weighted by Crippen LogP contribution is -2.61. The molecule has 1 aliphatic heterocycles. The second-order valence-electron chi connectivity index (χ2n) is 4.47. The van der Waals surface area contributed by atoms with Crippen molar-refractivity contribution in [3.05, 3.63) is 0 Å². The number of ether oxygens (including phenoxy) is 2. The Balaban J connectivity index is 3.05. The lowest BCUT2D eigenvalue weighted by Gasteiger charge is -2.40. The van der Waals surface area contributed by atoms with Gasteiger partial charge in [0.2, 0.25) is 0 Å². The van der Waals surface area contributed by atoms with Gasteiger partial charge in [0.1, 0.15) is 18.3 Å². The highest BCUT2D eigenvalue weighted by Crippen LogP contribution is 2.23. The summed E-state index contributed by atoms with van der Waals surface area (Å²) in [7, 11) is -13.7. The second-order valence-corrected chi connectivity index (χ2v) is 7.80. The van der Waals surface area contributed by atoms with Crippen molar-refractivity contribution in [2.45, 2.75) is 24.4 Å². The fourth-order valence-corrected chi connectivity index (χ4v) is 3.41. The Morgan fingerprint density at radius 2 is 1.62 bits per heavy atom. The number of nitrogens with one attached hydrogen (secondary N) is 1. The number of rotatable bonds is 8. The SMILES string of the molecule is CO[C@@H]1C(COS(=O)(=O)O)OCC(NS(=O)(=O)O)[C@@H]1OS(=O)(=O)O. The molecule has 0 bridgehead atoms. The van der Waals surface area contributed by atoms with E-state index in [0.29, 0.717) is 0 Å². The highest BCUT2D eigenvalue weighted by atomic mass is 32.3. The van der Waals surface area contributed by atoms with E-state index in [9.17, 15) is 25.3 Å². The van der Waals surface area contributed by atoms with Gasteiger partial charge in [-0.1, -0.05) is 0 Å². The van der Waals surface area contributed by atoms with Gasteiger partial charge in [0.25, 0.3) is 0 Å². The van der Waals surface area contributed by atoms with E-state index in [-0.39, 0.29) is 0 Å². The molecule has 24 heavy (non-hydrogen) atoms. The van der Waals surface area contributed by atoms with Crippen molar-refractivity contribution in [2.75, 3.05) is 20.3 Å². The Kier molecular flexibility index (Phi) is 7.03. The van der Waals surface area contributed by atoms with Gasteiger partial charge in [-0.15, -0.1) is 0 Å². The van der Waals surface area contributed by atoms with Crippen molar-refractivity contribution in [2.24, 2.45) is 0 Å². The molecule has 2 unspecified atom stereocenters. The van der Waals surface area contributed by atoms with Crippen LogP contribution in [-0.2, 0) is 48.9 Å². The van der Waals surface area contributed by atoms with Crippen LogP contribution in [0.1, 0.15) is 0 Å². The maximum atomic E-state index is 10.9. The monoisotopic (exact) mass is 417 g/mol. The molecule has 0 saturated carbocycles. The summed E-state index contributed by atoms with van der Waals surface area (Å²) in [6, 6.07) is -1.52. The molecule has 1 rings (SSSR count). The van der Waals surface area contributed by atoms with Crippen LogP contribution in [0.3, 0.4) is 0 Å². The zero-order valence-corrected chi connectivity index (χ0v) is 14.3. The molecule has 4 atom stereocenters. The molecular weight excluding hydrogens is 402 g/mol. The van der Waals surface area contributed by atoms with E-state index in [1.807, 2.05) is 0 Å². The van der Waals surface area contributed by atoms with Gasteiger partial charge >= 0.3 is 31.1 Å². The maximum Gasteiger partial charge on any atom is 0.397 e. The quantitative estimate of drug-likeness (QED) is 0.293. The first kappa shape index (κ1) is 21.6. The normalized spacial score (nSPS) is 29.5. The molecule has 1 saturated heterocycles. The molecule has 1 fully saturated rings. The molecule has 14 nitrogen and oxygen atoms in total. The lowest BCUT2D eigenvalue weighted by atomic mass is 9.99. The maximum absolute atomic E-state index is 10.9. The fraction of sp³-hybridized carbons (Fsp3) is 1.00. The summed E-state index contributed by atoms with van der Waals surface area (Å²) in [4.78, 5) is 0. The highest BCUT2D eigenvalue weighted by molar-refractivity contribution is 7.83. The van der Waals surface area contributed by atoms with Crippen LogP contribution in [0.4, 0.5) is 0 Å². The van der Waals surface area contributed by atoms with Crippen LogP contribution in [0.5, 0.6) is 0 Å². The fourth-order valence-electron chi connectivity index (χ4n) is 1.99. The molecule has 144 valence electrons. The van der Waals surface area contributed by atoms with Gasteiger partial charge in [-0.05, 0) is 0 Å². The van der Waals surface area contributed by atoms with Crippen molar-refractivity contribution in [1.29, 1.82) is 0 Å². The summed E-state index contributed by atoms with van der Waals surface area (Å²) < 4.78 is 111. The van der Waals surface area contributed by atoms with Crippen LogP contribution < -0.4 is 4.72 Å². The third-order valence-corrected chi connectivity index (χ3v) is 4.26. The summed E-state index contributed by atoms with van der Waals surface area (Å²) in [6.07, 6.45) is -4.56. The summed E-state index contributed by atoms with van der Waals surface area (Å²) in [5.74, 6) is 0. The van der Waals surface area contributed by atoms with Crippen molar-refractivity contribution in [3.63, 3.8) is 0 Å². The topological polar surface area (TPSA) is 212 Å². The van der Waals surface area contributed by atoms with Gasteiger partial charge in [0.05, 0.1) is 19.3 Å². The minimum atomic E-state index is -5.08. The van der Waals surface area contributed by atoms with E-state index in [1.165, 1.54) is 0 Å². The van der Waals surface area contributed by atoms with Gasteiger partial charge < -0.3 is 9.47 Å². The molecule has 1 aliphatic rings. The predicted molar refractivity (Wildman–Crippen MR) is 72.9 cm³/mol. The van der Waals surface area contributed by atoms with Crippen LogP contribution in [0, 0.1) is 0 Å². The summed E-state index contributed by atoms with van der Waals surface area (Å²) in [6.45, 7) is -1.44. The van der Waals surface area contributed by atoms with E-state index in [0.717, 1.165) is 7.11 Å². The van der Waals surface area contributed by atoms with Crippen LogP contribution in [-0.4, -0.2) is 83.6 Å². The van der Waals surface area contributed by atoms with E-state index in [2.05, 4.69) is 8.37 Å². The molecule has 4 N–H and O–H groups in total. The molecular formula is C7H15NO13S3. The van der Waals surface area contributed by atoms with Crippen molar-refractivity contribution >= 4 is 31.1 Å². The second kappa shape index (κ2) is 7.83. The standard InChI is InChI=1S/C7H15NO13S3/c1-18-7-5(3-20-23(12,13)14)19-2-4(8-22(9,10)11)6(7)21-24(15,16)17/h4-8H,2-3H2,1H3,(H,9,10,11)(H,12,13,14)(H,15,16,17)/t4?,5?,6-,7+/m0/s1. The predicted octanol–water partition coefficient (Wildman–Crippen LogP) is -2.83. The minimum absolute atomic E-state index is 0.612. The minimum Gasteiger partial charge on any atom is -0.376 e. The lowest BCUT2D eigenvalue weighted by molar-refractivity contribution is -0.161. The molecule has 0 aromatic heterocycles. The van der Waals surface area contributed by atoms with Crippen LogP contribution in [0.25, 0.3) is 0 Å². The average molecular weight is 417 g/mol. The number of hydrogen-bond donors (Lipinski definition) is 4. The van der Waals surface area contributed by atoms with Crippen molar-refractivity contribution in [1.82, 2.24) is 4.72 Å². The third-order valence-electron chi connectivity index (χ3n) is 2.76. The van der Waals surface area contributed by atoms with Gasteiger partial charge in [-0.2, -0.15) is 30.0 Å². The molecule has 0 radical (unpaired) electrons. The summed E-state index contributed by atoms with van der Waals surface area (Å²) >= 11 is 0. The smallest absolute Gasteiger partial charge is 0.376 e. The van der Waals surface area contributed by atoms with Crippen molar-refractivity contribution in [3.8, 4) is 0 Å². The van der Waals surface area contributed by atoms with E-state index < -0.39 is 68.7 Å². The van der Waals surface area contributed by atoms with Gasteiger partial charge in [0, 0.05) is 7.11 Å². The molecule has 0 aromatic rings. The Hall–Kier alpha value is -0.470. The summed E-state index contributed by atoms with van der Waals surface area (Å²) in [5, 5.41) is 0. The molecule has 0 aromatic carbocycles. The number of methoxy groups -OCH3 is 1. The van der Waals surface area contributed by atoms with E-state index in [1.54, 1.807) is 4.72 Å². The van der Waals surface area contributed by atoms with E-state index in [4.69, 9.17) is 23.1 Å². The van der Waals surface area contributed by atoms with Gasteiger partial charge in [-0.25, -0.2) is 8.37 Å². The Morgan fingerprint density at radius 3 is 2.04 bits per heavy atom. The zero-order chi connectivity index (χ0) is 18.8. The van der Waals surface area contributed by atoms with Crippen LogP contribution in [0.15, 0.2) is 0 Å². The molecule has 17 heteroatoms. The van der Waals surface area contributed by atoms with Crippen LogP contribution in [0.2, 0.25) is 0 Å². The third kappa shape index (κ3) is 7.61. The first-order valence-corrected chi connectivity index (χ1v) is 10.1. The Morgan fingerprint density at radius 1 is 1.04 bits per heavy atom. The zero-order valence-electron chi connectivity index (χ0n) is 11.9. The first-order valence-electron chi connectivity index (χ1n) is 5.88. The van der Waals surface area contributed by atoms with Crippen LogP contribution >= 0.6 is 0 Å². The average Bonchev–Trinajstić information content (AvgIpc) is 2.34. The number of hydrogen-bond acceptors (Lipinski definition) is 10. The van der Waals surface area contributed by atoms with E-state index >= 15 is 0 Å². The summed E-state index contributed by atoms with van der Waals surface area (Å²) in [5.41, 5.74) is 0. The van der Waals surface area contributed by atoms with Crippen molar-refractivity contribution < 1.29 is 56.8 Å². The van der Waals surface area contributed by atoms with Gasteiger partial charge in [-0.3, -0.25) is 13.7 Å². The van der Waals surface area contributed by atoms with Gasteiger partial charge in [0.15, 0.2) is 0 Å². The molecule has 0 amide bonds. The Labute approximate surface area is 137 Å².